The molecular formula is C19H22N7O6+. The first-order valence-electron chi connectivity index (χ1n) is 9.67. The van der Waals surface area contributed by atoms with Crippen LogP contribution in [0.15, 0.2) is 34.1 Å². The molecule has 0 aliphatic carbocycles. The highest BCUT2D eigenvalue weighted by atomic mass is 16.4. The van der Waals surface area contributed by atoms with E-state index in [4.69, 9.17) is 15.9 Å². The van der Waals surface area contributed by atoms with Crippen molar-refractivity contribution in [1.29, 1.82) is 0 Å². The minimum atomic E-state index is -1.30. The second kappa shape index (κ2) is 9.68. The number of carboxylic acids is 2. The fourth-order valence-corrected chi connectivity index (χ4v) is 3.03. The van der Waals surface area contributed by atoms with Gasteiger partial charge in [-0.15, -0.1) is 0 Å². The summed E-state index contributed by atoms with van der Waals surface area (Å²) in [6, 6.07) is 4.76. The van der Waals surface area contributed by atoms with Crippen LogP contribution in [0.1, 0.15) is 23.2 Å². The maximum atomic E-state index is 12.3. The molecule has 1 aliphatic rings. The predicted octanol–water partition coefficient (Wildman–Crippen LogP) is -3.79. The van der Waals surface area contributed by atoms with Gasteiger partial charge in [-0.2, -0.15) is 0 Å². The number of hydrogen-bond acceptors (Lipinski definition) is 8. The van der Waals surface area contributed by atoms with Gasteiger partial charge in [-0.25, -0.2) is 4.79 Å². The number of fused-ring (bicyclic) bond motifs is 1. The molecule has 0 saturated carbocycles. The largest absolute Gasteiger partial charge is 0.481 e. The van der Waals surface area contributed by atoms with Crippen molar-refractivity contribution in [1.82, 2.24) is 15.3 Å². The summed E-state index contributed by atoms with van der Waals surface area (Å²) in [5.74, 6) is -3.06. The number of nitrogens with zero attached hydrogens (tertiary/aromatic N) is 2. The Morgan fingerprint density at radius 3 is 2.62 bits per heavy atom. The van der Waals surface area contributed by atoms with Crippen molar-refractivity contribution in [2.45, 2.75) is 24.9 Å². The van der Waals surface area contributed by atoms with Crippen LogP contribution in [0, 0.1) is 0 Å². The van der Waals surface area contributed by atoms with Gasteiger partial charge in [0, 0.05) is 24.2 Å². The second-order valence-electron chi connectivity index (χ2n) is 7.07. The van der Waals surface area contributed by atoms with Crippen LogP contribution >= 0.6 is 0 Å². The number of carbonyl (C=O) groups is 3. The van der Waals surface area contributed by atoms with Gasteiger partial charge in [0.15, 0.2) is 0 Å². The number of hydrogen-bond donors (Lipinski definition) is 7. The molecule has 13 nitrogen and oxygen atoms in total. The van der Waals surface area contributed by atoms with Crippen molar-refractivity contribution in [3.63, 3.8) is 0 Å². The van der Waals surface area contributed by atoms with Crippen LogP contribution in [-0.2, 0) is 9.59 Å². The number of anilines is 2. The number of carboxylic acid groups (broad SMARTS) is 2. The number of nitrogen functional groups attached to an aromatic ring is 1. The van der Waals surface area contributed by atoms with Crippen molar-refractivity contribution in [2.24, 2.45) is 4.99 Å². The third kappa shape index (κ3) is 5.65. The standard InChI is InChI=1S/C19H21N7O6/c20-19-25-15-14(17(30)26-19)23-11(8-22-15)7-21-10-3-1-9(2-4-10)16(29)24-12(18(31)32)5-6-13(27)28/h1-4,11-12,21H,5-8H2,(H,24,29)(H,27,28)(H,31,32)(H3,20,22,25,26,30)/p+1/t11-,12-/m0/s1. The number of rotatable bonds is 9. The zero-order chi connectivity index (χ0) is 23.3. The first kappa shape index (κ1) is 22.4. The van der Waals surface area contributed by atoms with Gasteiger partial charge in [-0.3, -0.25) is 29.4 Å². The number of aliphatic carboxylic acids is 2. The SMILES string of the molecule is Nc1nc2c(c(=O)[nH]1)=N[C@@H](CNc1ccc(C(=O)N[C@@H](CCC(=O)O)C(=O)O)cc1)C[NH+]=2. The van der Waals surface area contributed by atoms with Crippen LogP contribution in [-0.4, -0.2) is 63.2 Å². The molecule has 0 radical (unpaired) electrons. The third-order valence-corrected chi connectivity index (χ3v) is 4.67. The Morgan fingerprint density at radius 1 is 1.25 bits per heavy atom. The number of nitrogens with one attached hydrogen (secondary N) is 4. The lowest BCUT2D eigenvalue weighted by Gasteiger charge is -2.15. The topological polar surface area (TPSA) is 214 Å². The van der Waals surface area contributed by atoms with Gasteiger partial charge in [0.05, 0.1) is 0 Å². The van der Waals surface area contributed by atoms with E-state index in [1.165, 1.54) is 12.1 Å². The fourth-order valence-electron chi connectivity index (χ4n) is 3.03. The van der Waals surface area contributed by atoms with E-state index >= 15 is 0 Å². The average Bonchev–Trinajstić information content (AvgIpc) is 2.75. The van der Waals surface area contributed by atoms with Crippen LogP contribution in [0.2, 0.25) is 0 Å². The van der Waals surface area contributed by atoms with Crippen molar-refractivity contribution in [2.75, 3.05) is 24.1 Å². The molecule has 0 spiro atoms. The highest BCUT2D eigenvalue weighted by Crippen LogP contribution is 2.11. The van der Waals surface area contributed by atoms with Gasteiger partial charge in [0.2, 0.25) is 5.36 Å². The van der Waals surface area contributed by atoms with Gasteiger partial charge in [0.25, 0.3) is 11.5 Å². The van der Waals surface area contributed by atoms with Crippen molar-refractivity contribution < 1.29 is 29.6 Å². The minimum absolute atomic E-state index is 0.00807. The summed E-state index contributed by atoms with van der Waals surface area (Å²) in [5, 5.41) is 23.5. The molecule has 1 aromatic heterocycles. The molecule has 2 atom stereocenters. The lowest BCUT2D eigenvalue weighted by Crippen LogP contribution is -2.86. The molecule has 1 aromatic carbocycles. The molecule has 3 rings (SSSR count). The summed E-state index contributed by atoms with van der Waals surface area (Å²) in [7, 11) is 0. The summed E-state index contributed by atoms with van der Waals surface area (Å²) < 4.78 is 0. The van der Waals surface area contributed by atoms with Gasteiger partial charge in [-0.1, -0.05) is 0 Å². The summed E-state index contributed by atoms with van der Waals surface area (Å²) in [6.07, 6.45) is -0.593. The molecule has 1 aliphatic heterocycles. The molecule has 13 heteroatoms. The van der Waals surface area contributed by atoms with E-state index in [1.54, 1.807) is 12.1 Å². The van der Waals surface area contributed by atoms with Gasteiger partial charge < -0.3 is 26.6 Å². The first-order chi connectivity index (χ1) is 15.2. The highest BCUT2D eigenvalue weighted by molar-refractivity contribution is 5.96. The fraction of sp³-hybridized carbons (Fsp3) is 0.316. The lowest BCUT2D eigenvalue weighted by molar-refractivity contribution is -0.509. The summed E-state index contributed by atoms with van der Waals surface area (Å²) >= 11 is 0. The predicted molar refractivity (Wildman–Crippen MR) is 109 cm³/mol. The Labute approximate surface area is 180 Å². The molecule has 168 valence electrons. The highest BCUT2D eigenvalue weighted by Gasteiger charge is 2.22. The van der Waals surface area contributed by atoms with Crippen LogP contribution in [0.25, 0.3) is 0 Å². The van der Waals surface area contributed by atoms with E-state index in [0.29, 0.717) is 24.3 Å². The van der Waals surface area contributed by atoms with Crippen molar-refractivity contribution in [3.05, 3.63) is 51.0 Å². The zero-order valence-corrected chi connectivity index (χ0v) is 16.8. The van der Waals surface area contributed by atoms with Gasteiger partial charge >= 0.3 is 23.4 Å². The van der Waals surface area contributed by atoms with E-state index < -0.39 is 29.4 Å². The van der Waals surface area contributed by atoms with E-state index in [-0.39, 0.29) is 35.8 Å². The number of nitrogens with two attached hydrogens (primary N) is 1. The number of aromatic nitrogens is 2. The average molecular weight is 444 g/mol. The van der Waals surface area contributed by atoms with Gasteiger partial charge in [-0.05, 0) is 35.7 Å². The molecule has 2 aromatic rings. The Kier molecular flexibility index (Phi) is 6.77. The molecule has 0 bridgehead atoms. The summed E-state index contributed by atoms with van der Waals surface area (Å²) in [5.41, 5.74) is 6.33. The molecule has 0 unspecified atom stereocenters. The molecule has 32 heavy (non-hydrogen) atoms. The number of H-pyrrole nitrogens is 1. The quantitative estimate of drug-likeness (QED) is 0.202. The first-order valence-corrected chi connectivity index (χ1v) is 9.67. The molecule has 8 N–H and O–H groups in total. The summed E-state index contributed by atoms with van der Waals surface area (Å²) in [6.45, 7) is 0.849. The monoisotopic (exact) mass is 444 g/mol. The van der Waals surface area contributed by atoms with E-state index in [1.807, 2.05) is 0 Å². The molecule has 2 heterocycles. The van der Waals surface area contributed by atoms with Crippen LogP contribution in [0.3, 0.4) is 0 Å². The maximum Gasteiger partial charge on any atom is 0.352 e. The Morgan fingerprint density at radius 2 is 1.97 bits per heavy atom. The second-order valence-corrected chi connectivity index (χ2v) is 7.07. The molecule has 0 saturated heterocycles. The number of aromatic amines is 1. The third-order valence-electron chi connectivity index (χ3n) is 4.67. The normalized spacial score (nSPS) is 15.4. The Balaban J connectivity index is 1.59. The number of amides is 1. The van der Waals surface area contributed by atoms with Crippen LogP contribution in [0.4, 0.5) is 11.6 Å². The molecular weight excluding hydrogens is 422 g/mol. The van der Waals surface area contributed by atoms with Crippen LogP contribution < -0.4 is 37.8 Å². The maximum absolute atomic E-state index is 12.3. The number of carbonyl (C=O) groups excluding carboxylic acids is 1. The lowest BCUT2D eigenvalue weighted by atomic mass is 10.1. The van der Waals surface area contributed by atoms with Gasteiger partial charge in [0.1, 0.15) is 18.6 Å². The smallest absolute Gasteiger partial charge is 0.352 e. The molecule has 0 fully saturated rings. The molecule has 1 amide bonds. The zero-order valence-electron chi connectivity index (χ0n) is 16.8. The van der Waals surface area contributed by atoms with Crippen molar-refractivity contribution >= 4 is 29.5 Å². The Bertz CT molecular complexity index is 1210. The van der Waals surface area contributed by atoms with Crippen molar-refractivity contribution in [3.8, 4) is 0 Å². The van der Waals surface area contributed by atoms with E-state index in [2.05, 4.69) is 30.6 Å². The Hall–Kier alpha value is -4.29. The van der Waals surface area contributed by atoms with E-state index in [0.717, 1.165) is 0 Å². The van der Waals surface area contributed by atoms with Crippen LogP contribution in [0.5, 0.6) is 0 Å². The minimum Gasteiger partial charge on any atom is -0.481 e. The number of benzene rings is 1. The van der Waals surface area contributed by atoms with E-state index in [9.17, 15) is 19.2 Å². The summed E-state index contributed by atoms with van der Waals surface area (Å²) in [4.78, 5) is 59.9.